The van der Waals surface area contributed by atoms with Gasteiger partial charge in [0.2, 0.25) is 0 Å². The highest BCUT2D eigenvalue weighted by Gasteiger charge is 2.18. The second-order valence-corrected chi connectivity index (χ2v) is 7.38. The highest BCUT2D eigenvalue weighted by Crippen LogP contribution is 2.28. The fourth-order valence-corrected chi connectivity index (χ4v) is 3.44. The molecular weight excluding hydrogens is 368 g/mol. The summed E-state index contributed by atoms with van der Waals surface area (Å²) in [5.41, 5.74) is 1.80. The molecule has 8 nitrogen and oxygen atoms in total. The molecule has 2 aromatic heterocycles. The van der Waals surface area contributed by atoms with E-state index in [2.05, 4.69) is 31.1 Å². The Balaban J connectivity index is 1.39. The zero-order valence-corrected chi connectivity index (χ0v) is 16.4. The number of aromatic amines is 1. The number of rotatable bonds is 8. The quantitative estimate of drug-likeness (QED) is 0.467. The van der Waals surface area contributed by atoms with E-state index >= 15 is 0 Å². The Morgan fingerprint density at radius 2 is 2.14 bits per heavy atom. The van der Waals surface area contributed by atoms with Crippen molar-refractivity contribution in [3.63, 3.8) is 0 Å². The van der Waals surface area contributed by atoms with E-state index in [9.17, 15) is 4.79 Å². The molecule has 0 spiro atoms. The first kappa shape index (κ1) is 19.2. The predicted octanol–water partition coefficient (Wildman–Crippen LogP) is 3.68. The molecule has 1 fully saturated rings. The van der Waals surface area contributed by atoms with Crippen LogP contribution in [0.1, 0.15) is 30.9 Å². The van der Waals surface area contributed by atoms with Crippen LogP contribution in [-0.2, 0) is 4.74 Å². The third-order valence-corrected chi connectivity index (χ3v) is 5.31. The number of nitrogens with zero attached hydrogens (tertiary/aromatic N) is 2. The highest BCUT2D eigenvalue weighted by atomic mass is 16.5. The third-order valence-electron chi connectivity index (χ3n) is 5.31. The Hall–Kier alpha value is -3.13. The van der Waals surface area contributed by atoms with E-state index in [0.29, 0.717) is 12.4 Å². The minimum absolute atomic E-state index is 0.251. The van der Waals surface area contributed by atoms with Gasteiger partial charge in [0.25, 0.3) is 0 Å². The Bertz CT molecular complexity index is 954. The van der Waals surface area contributed by atoms with E-state index in [-0.39, 0.29) is 12.1 Å². The second kappa shape index (κ2) is 8.91. The van der Waals surface area contributed by atoms with E-state index in [1.807, 2.05) is 30.3 Å². The minimum atomic E-state index is -0.342. The van der Waals surface area contributed by atoms with Gasteiger partial charge < -0.3 is 15.4 Å². The van der Waals surface area contributed by atoms with Gasteiger partial charge in [0.15, 0.2) is 5.82 Å². The van der Waals surface area contributed by atoms with Crippen LogP contribution < -0.4 is 16.0 Å². The first-order valence-electron chi connectivity index (χ1n) is 9.92. The molecule has 8 heteroatoms. The maximum absolute atomic E-state index is 12.5. The summed E-state index contributed by atoms with van der Waals surface area (Å²) < 4.78 is 5.24. The van der Waals surface area contributed by atoms with Gasteiger partial charge in [-0.05, 0) is 24.3 Å². The zero-order chi connectivity index (χ0) is 20.1. The maximum Gasteiger partial charge on any atom is 0.320 e. The lowest BCUT2D eigenvalue weighted by molar-refractivity contribution is 0.168. The van der Waals surface area contributed by atoms with Gasteiger partial charge in [0.05, 0.1) is 23.6 Å². The van der Waals surface area contributed by atoms with Crippen molar-refractivity contribution < 1.29 is 9.53 Å². The van der Waals surface area contributed by atoms with Crippen LogP contribution in [0.25, 0.3) is 10.9 Å². The van der Waals surface area contributed by atoms with Crippen molar-refractivity contribution in [1.82, 2.24) is 20.5 Å². The number of urea groups is 1. The summed E-state index contributed by atoms with van der Waals surface area (Å²) in [6.07, 6.45) is 5.61. The van der Waals surface area contributed by atoms with Gasteiger partial charge in [-0.2, -0.15) is 5.10 Å². The molecule has 152 valence electrons. The maximum atomic E-state index is 12.5. The molecule has 2 amide bonds. The number of methoxy groups -OCH3 is 1. The lowest BCUT2D eigenvalue weighted by Crippen LogP contribution is -2.35. The van der Waals surface area contributed by atoms with Gasteiger partial charge in [-0.25, -0.2) is 9.78 Å². The largest absolute Gasteiger partial charge is 0.382 e. The number of pyridine rings is 1. The summed E-state index contributed by atoms with van der Waals surface area (Å²) in [6.45, 7) is 1.31. The lowest BCUT2D eigenvalue weighted by atomic mass is 9.85. The number of H-pyrrole nitrogens is 1. The van der Waals surface area contributed by atoms with Crippen molar-refractivity contribution in [2.24, 2.45) is 5.92 Å². The Morgan fingerprint density at radius 1 is 1.31 bits per heavy atom. The minimum Gasteiger partial charge on any atom is -0.382 e. The molecule has 1 aliphatic rings. The van der Waals surface area contributed by atoms with Crippen molar-refractivity contribution in [3.05, 3.63) is 48.2 Å². The number of fused-ring (bicyclic) bond motifs is 1. The van der Waals surface area contributed by atoms with Crippen LogP contribution in [0.2, 0.25) is 0 Å². The number of carbonyl (C=O) groups is 1. The zero-order valence-electron chi connectivity index (χ0n) is 16.4. The van der Waals surface area contributed by atoms with Crippen molar-refractivity contribution in [2.45, 2.75) is 25.3 Å². The van der Waals surface area contributed by atoms with Crippen LogP contribution in [0.4, 0.5) is 16.4 Å². The van der Waals surface area contributed by atoms with Crippen LogP contribution >= 0.6 is 0 Å². The molecule has 4 rings (SSSR count). The van der Waals surface area contributed by atoms with Crippen molar-refractivity contribution >= 4 is 28.6 Å². The summed E-state index contributed by atoms with van der Waals surface area (Å²) in [5.74, 6) is 2.00. The Morgan fingerprint density at radius 3 is 2.86 bits per heavy atom. The molecule has 1 saturated carbocycles. The van der Waals surface area contributed by atoms with Gasteiger partial charge >= 0.3 is 6.03 Å². The van der Waals surface area contributed by atoms with E-state index in [4.69, 9.17) is 4.74 Å². The van der Waals surface area contributed by atoms with E-state index < -0.39 is 0 Å². The average molecular weight is 394 g/mol. The number of nitrogens with one attached hydrogen (secondary N) is 4. The molecule has 0 radical (unpaired) electrons. The monoisotopic (exact) mass is 394 g/mol. The average Bonchev–Trinajstić information content (AvgIpc) is 3.09. The fourth-order valence-electron chi connectivity index (χ4n) is 3.44. The molecule has 0 bridgehead atoms. The summed E-state index contributed by atoms with van der Waals surface area (Å²) in [4.78, 5) is 16.8. The van der Waals surface area contributed by atoms with Gasteiger partial charge in [0.1, 0.15) is 5.82 Å². The molecule has 0 unspecified atom stereocenters. The predicted molar refractivity (Wildman–Crippen MR) is 113 cm³/mol. The number of amides is 2. The van der Waals surface area contributed by atoms with Crippen LogP contribution in [0, 0.1) is 5.92 Å². The molecule has 0 saturated heterocycles. The molecule has 1 aromatic carbocycles. The number of benzene rings is 1. The molecule has 0 aliphatic heterocycles. The molecular formula is C21H26N6O2. The number of hydrogen-bond donors (Lipinski definition) is 4. The summed E-state index contributed by atoms with van der Waals surface area (Å²) >= 11 is 0. The van der Waals surface area contributed by atoms with E-state index in [1.165, 1.54) is 19.3 Å². The molecule has 4 N–H and O–H groups in total. The second-order valence-electron chi connectivity index (χ2n) is 7.38. The number of anilines is 2. The molecule has 1 atom stereocenters. The molecule has 3 aromatic rings. The molecule has 2 heterocycles. The van der Waals surface area contributed by atoms with Crippen molar-refractivity contribution in [3.8, 4) is 0 Å². The number of hydrogen-bond acceptors (Lipinski definition) is 5. The van der Waals surface area contributed by atoms with Gasteiger partial charge in [0, 0.05) is 25.9 Å². The number of aromatic nitrogens is 3. The molecule has 1 aliphatic carbocycles. The van der Waals surface area contributed by atoms with E-state index in [0.717, 1.165) is 34.7 Å². The number of ether oxygens (including phenoxy) is 1. The summed E-state index contributed by atoms with van der Waals surface area (Å²) in [6, 6.07) is 10.9. The smallest absolute Gasteiger partial charge is 0.320 e. The Labute approximate surface area is 169 Å². The Kier molecular flexibility index (Phi) is 5.90. The van der Waals surface area contributed by atoms with Crippen molar-refractivity contribution in [2.75, 3.05) is 30.9 Å². The topological polar surface area (TPSA) is 104 Å². The molecule has 29 heavy (non-hydrogen) atoms. The fraction of sp³-hybridized carbons (Fsp3) is 0.381. The SMILES string of the molecule is COC[C@@H](NC(=O)Nc1cc2[nH]nc(NCC3CCC3)c2cn1)c1ccccc1. The first-order valence-corrected chi connectivity index (χ1v) is 9.92. The van der Waals surface area contributed by atoms with Gasteiger partial charge in [-0.3, -0.25) is 10.4 Å². The van der Waals surface area contributed by atoms with Crippen LogP contribution in [0.3, 0.4) is 0 Å². The van der Waals surface area contributed by atoms with Gasteiger partial charge in [-0.1, -0.05) is 36.8 Å². The summed E-state index contributed by atoms with van der Waals surface area (Å²) in [7, 11) is 1.61. The van der Waals surface area contributed by atoms with Crippen molar-refractivity contribution in [1.29, 1.82) is 0 Å². The van der Waals surface area contributed by atoms with E-state index in [1.54, 1.807) is 19.4 Å². The van der Waals surface area contributed by atoms with Gasteiger partial charge in [-0.15, -0.1) is 0 Å². The van der Waals surface area contributed by atoms with Crippen LogP contribution in [0.5, 0.6) is 0 Å². The van der Waals surface area contributed by atoms with Crippen LogP contribution in [-0.4, -0.2) is 41.5 Å². The summed E-state index contributed by atoms with van der Waals surface area (Å²) in [5, 5.41) is 17.4. The van der Waals surface area contributed by atoms with Crippen LogP contribution in [0.15, 0.2) is 42.6 Å². The normalized spacial score (nSPS) is 14.9. The standard InChI is InChI=1S/C21H26N6O2/c1-29-13-18(15-8-3-2-4-9-15)24-21(28)25-19-10-17-16(12-22-19)20(27-26-17)23-11-14-6-5-7-14/h2-4,8-10,12,14,18H,5-7,11,13H2,1H3,(H2,23,26,27)(H2,22,24,25,28)/t18-/m1/s1. The highest BCUT2D eigenvalue weighted by molar-refractivity contribution is 5.94. The third kappa shape index (κ3) is 4.65. The first-order chi connectivity index (χ1) is 14.2. The number of carbonyl (C=O) groups excluding carboxylic acids is 1. The lowest BCUT2D eigenvalue weighted by Gasteiger charge is -2.25.